The van der Waals surface area contributed by atoms with Crippen molar-refractivity contribution >= 4 is 45.7 Å². The molecule has 0 aliphatic carbocycles. The number of hydrogen-bond donors (Lipinski definition) is 0. The van der Waals surface area contributed by atoms with Crippen molar-refractivity contribution in [3.63, 3.8) is 0 Å². The van der Waals surface area contributed by atoms with Crippen molar-refractivity contribution in [2.24, 2.45) is 0 Å². The number of carbonyl (C=O) groups excluding carboxylic acids is 3. The van der Waals surface area contributed by atoms with E-state index in [1.807, 2.05) is 30.3 Å². The Labute approximate surface area is 204 Å². The first kappa shape index (κ1) is 22.6. The molecule has 0 bridgehead atoms. The quantitative estimate of drug-likeness (QED) is 0.186. The Kier molecular flexibility index (Phi) is 6.16. The lowest BCUT2D eigenvalue weighted by atomic mass is 10.0. The van der Waals surface area contributed by atoms with Crippen LogP contribution >= 0.6 is 11.8 Å². The molecule has 0 atom stereocenters. The van der Waals surface area contributed by atoms with Crippen molar-refractivity contribution in [2.75, 3.05) is 0 Å². The largest absolute Gasteiger partial charge is 0.422 e. The van der Waals surface area contributed by atoms with Gasteiger partial charge in [0.2, 0.25) is 0 Å². The lowest BCUT2D eigenvalue weighted by molar-refractivity contribution is -0.123. The van der Waals surface area contributed by atoms with Gasteiger partial charge in [-0.25, -0.2) is 9.18 Å². The molecule has 0 unspecified atom stereocenters. The van der Waals surface area contributed by atoms with E-state index < -0.39 is 22.9 Å². The van der Waals surface area contributed by atoms with Gasteiger partial charge in [-0.1, -0.05) is 66.7 Å². The molecule has 2 amide bonds. The van der Waals surface area contributed by atoms with Crippen LogP contribution in [0.5, 0.6) is 5.75 Å². The topological polar surface area (TPSA) is 63.7 Å². The number of carbonyl (C=O) groups is 3. The highest BCUT2D eigenvalue weighted by atomic mass is 32.2. The number of nitrogens with zero attached hydrogens (tertiary/aromatic N) is 1. The van der Waals surface area contributed by atoms with E-state index in [4.69, 9.17) is 4.74 Å². The highest BCUT2D eigenvalue weighted by Gasteiger charge is 2.35. The maximum atomic E-state index is 13.2. The van der Waals surface area contributed by atoms with Crippen LogP contribution < -0.4 is 4.74 Å². The van der Waals surface area contributed by atoms with Gasteiger partial charge in [0.25, 0.3) is 11.1 Å². The van der Waals surface area contributed by atoms with Gasteiger partial charge >= 0.3 is 5.97 Å². The molecule has 1 aliphatic heterocycles. The van der Waals surface area contributed by atoms with Crippen molar-refractivity contribution in [3.05, 3.63) is 118 Å². The van der Waals surface area contributed by atoms with Crippen LogP contribution in [0, 0.1) is 5.82 Å². The maximum absolute atomic E-state index is 13.2. The monoisotopic (exact) mass is 483 g/mol. The SMILES string of the molecule is O=C(Oc1ccccc1/C=C1\SC(=O)N(Cc2ccc(F)cc2)C1=O)c1cccc2ccccc12. The van der Waals surface area contributed by atoms with Gasteiger partial charge in [-0.3, -0.25) is 14.5 Å². The second-order valence-electron chi connectivity index (χ2n) is 7.85. The number of halogens is 1. The van der Waals surface area contributed by atoms with Crippen molar-refractivity contribution in [2.45, 2.75) is 6.54 Å². The second kappa shape index (κ2) is 9.56. The van der Waals surface area contributed by atoms with Gasteiger partial charge < -0.3 is 4.74 Å². The van der Waals surface area contributed by atoms with Crippen LogP contribution in [0.15, 0.2) is 95.9 Å². The highest BCUT2D eigenvalue weighted by Crippen LogP contribution is 2.35. The summed E-state index contributed by atoms with van der Waals surface area (Å²) in [4.78, 5) is 39.8. The van der Waals surface area contributed by atoms with E-state index in [9.17, 15) is 18.8 Å². The van der Waals surface area contributed by atoms with Crippen LogP contribution in [-0.4, -0.2) is 22.0 Å². The third-order valence-corrected chi connectivity index (χ3v) is 6.45. The molecule has 1 fully saturated rings. The molecule has 1 heterocycles. The van der Waals surface area contributed by atoms with Gasteiger partial charge in [0.1, 0.15) is 11.6 Å². The van der Waals surface area contributed by atoms with Gasteiger partial charge in [0.15, 0.2) is 0 Å². The average molecular weight is 484 g/mol. The summed E-state index contributed by atoms with van der Waals surface area (Å²) in [5.41, 5.74) is 1.56. The van der Waals surface area contributed by atoms with E-state index >= 15 is 0 Å². The fraction of sp³-hybridized carbons (Fsp3) is 0.0357. The first-order chi connectivity index (χ1) is 17.0. The number of hydrogen-bond acceptors (Lipinski definition) is 5. The van der Waals surface area contributed by atoms with E-state index in [-0.39, 0.29) is 17.2 Å². The second-order valence-corrected chi connectivity index (χ2v) is 8.84. The van der Waals surface area contributed by atoms with Crippen molar-refractivity contribution in [1.29, 1.82) is 0 Å². The zero-order chi connectivity index (χ0) is 24.4. The predicted octanol–water partition coefficient (Wildman–Crippen LogP) is 6.43. The molecule has 0 spiro atoms. The summed E-state index contributed by atoms with van der Waals surface area (Å²) in [6.45, 7) is 0.0417. The lowest BCUT2D eigenvalue weighted by Gasteiger charge is -2.12. The first-order valence-electron chi connectivity index (χ1n) is 10.8. The number of para-hydroxylation sites is 1. The van der Waals surface area contributed by atoms with E-state index in [2.05, 4.69) is 0 Å². The molecule has 7 heteroatoms. The van der Waals surface area contributed by atoms with Crippen LogP contribution in [0.25, 0.3) is 16.8 Å². The fourth-order valence-corrected chi connectivity index (χ4v) is 4.63. The number of rotatable bonds is 5. The Morgan fingerprint density at radius 2 is 1.60 bits per heavy atom. The zero-order valence-corrected chi connectivity index (χ0v) is 19.1. The summed E-state index contributed by atoms with van der Waals surface area (Å²) >= 11 is 0.809. The molecule has 4 aromatic rings. The molecule has 4 aromatic carbocycles. The van der Waals surface area contributed by atoms with E-state index in [1.165, 1.54) is 24.3 Å². The smallest absolute Gasteiger partial charge is 0.344 e. The minimum Gasteiger partial charge on any atom is -0.422 e. The first-order valence-corrected chi connectivity index (χ1v) is 11.6. The normalized spacial score (nSPS) is 14.7. The minimum atomic E-state index is -0.521. The predicted molar refractivity (Wildman–Crippen MR) is 133 cm³/mol. The number of fused-ring (bicyclic) bond motifs is 1. The molecule has 0 radical (unpaired) electrons. The summed E-state index contributed by atoms with van der Waals surface area (Å²) in [7, 11) is 0. The molecule has 5 rings (SSSR count). The van der Waals surface area contributed by atoms with Crippen LogP contribution in [-0.2, 0) is 11.3 Å². The Morgan fingerprint density at radius 1 is 0.886 bits per heavy atom. The van der Waals surface area contributed by atoms with Gasteiger partial charge in [-0.15, -0.1) is 0 Å². The number of benzene rings is 4. The van der Waals surface area contributed by atoms with Crippen LogP contribution in [0.2, 0.25) is 0 Å². The maximum Gasteiger partial charge on any atom is 0.344 e. The summed E-state index contributed by atoms with van der Waals surface area (Å²) in [5.74, 6) is -1.10. The van der Waals surface area contributed by atoms with Gasteiger partial charge in [-0.2, -0.15) is 0 Å². The molecule has 1 aliphatic rings. The molecular weight excluding hydrogens is 465 g/mol. The van der Waals surface area contributed by atoms with Crippen molar-refractivity contribution < 1.29 is 23.5 Å². The number of amides is 2. The molecule has 1 saturated heterocycles. The van der Waals surface area contributed by atoms with E-state index in [0.29, 0.717) is 16.7 Å². The summed E-state index contributed by atoms with van der Waals surface area (Å²) in [6.07, 6.45) is 1.54. The van der Waals surface area contributed by atoms with Gasteiger partial charge in [-0.05, 0) is 58.4 Å². The van der Waals surface area contributed by atoms with Crippen LogP contribution in [0.3, 0.4) is 0 Å². The highest BCUT2D eigenvalue weighted by molar-refractivity contribution is 8.18. The molecule has 5 nitrogen and oxygen atoms in total. The molecule has 0 N–H and O–H groups in total. The Balaban J connectivity index is 1.39. The number of thioether (sulfide) groups is 1. The van der Waals surface area contributed by atoms with Crippen molar-refractivity contribution in [3.8, 4) is 5.75 Å². The summed E-state index contributed by atoms with van der Waals surface area (Å²) < 4.78 is 18.9. The van der Waals surface area contributed by atoms with Crippen molar-refractivity contribution in [1.82, 2.24) is 4.90 Å². The lowest BCUT2D eigenvalue weighted by Crippen LogP contribution is -2.27. The third-order valence-electron chi connectivity index (χ3n) is 5.55. The zero-order valence-electron chi connectivity index (χ0n) is 18.3. The Morgan fingerprint density at radius 3 is 2.43 bits per heavy atom. The molecule has 0 saturated carbocycles. The Hall–Kier alpha value is -4.23. The van der Waals surface area contributed by atoms with Crippen LogP contribution in [0.4, 0.5) is 9.18 Å². The van der Waals surface area contributed by atoms with Gasteiger partial charge in [0.05, 0.1) is 17.0 Å². The minimum absolute atomic E-state index is 0.0417. The molecular formula is C28H18FNO4S. The molecule has 172 valence electrons. The summed E-state index contributed by atoms with van der Waals surface area (Å²) in [6, 6.07) is 25.4. The molecule has 0 aromatic heterocycles. The van der Waals surface area contributed by atoms with Crippen LogP contribution in [0.1, 0.15) is 21.5 Å². The number of imide groups is 1. The molecule has 35 heavy (non-hydrogen) atoms. The average Bonchev–Trinajstić information content (AvgIpc) is 3.13. The van der Waals surface area contributed by atoms with E-state index in [0.717, 1.165) is 27.4 Å². The van der Waals surface area contributed by atoms with E-state index in [1.54, 1.807) is 42.5 Å². The summed E-state index contributed by atoms with van der Waals surface area (Å²) in [5, 5.41) is 1.28. The number of ether oxygens (including phenoxy) is 1. The number of esters is 1. The fourth-order valence-electron chi connectivity index (χ4n) is 3.80. The Bertz CT molecular complexity index is 1490. The standard InChI is InChI=1S/C28H18FNO4S/c29-21-14-12-18(13-15-21)17-30-26(31)25(35-28(30)33)16-20-7-2-4-11-24(20)34-27(32)23-10-5-8-19-6-1-3-9-22(19)23/h1-16H,17H2/b25-16-. The van der Waals surface area contributed by atoms with Gasteiger partial charge in [0, 0.05) is 5.56 Å². The third kappa shape index (κ3) is 4.72.